The first kappa shape index (κ1) is 12.4. The Labute approximate surface area is 91.2 Å². The van der Waals surface area contributed by atoms with Gasteiger partial charge >= 0.3 is 0 Å². The molecule has 0 aromatic rings. The second kappa shape index (κ2) is 6.76. The van der Waals surface area contributed by atoms with Crippen LogP contribution >= 0.6 is 0 Å². The molecular weight excluding hydrogens is 194 g/mol. The maximum absolute atomic E-state index is 11.3. The molecule has 0 aromatic carbocycles. The summed E-state index contributed by atoms with van der Waals surface area (Å²) in [4.78, 5) is 13.3. The lowest BCUT2D eigenvalue weighted by Crippen LogP contribution is -2.48. The first-order chi connectivity index (χ1) is 7.18. The van der Waals surface area contributed by atoms with Crippen molar-refractivity contribution in [1.82, 2.24) is 15.5 Å². The molecule has 1 saturated heterocycles. The number of rotatable bonds is 7. The third kappa shape index (κ3) is 5.71. The van der Waals surface area contributed by atoms with Gasteiger partial charge in [-0.2, -0.15) is 0 Å². The number of nitrogens with zero attached hydrogens (tertiary/aromatic N) is 1. The first-order valence-electron chi connectivity index (χ1n) is 5.42. The van der Waals surface area contributed by atoms with Crippen LogP contribution in [0.4, 0.5) is 0 Å². The third-order valence-electron chi connectivity index (χ3n) is 2.31. The van der Waals surface area contributed by atoms with Crippen molar-refractivity contribution in [3.63, 3.8) is 0 Å². The van der Waals surface area contributed by atoms with Crippen LogP contribution in [0.15, 0.2) is 0 Å². The van der Waals surface area contributed by atoms with Crippen molar-refractivity contribution in [2.75, 3.05) is 46.9 Å². The predicted molar refractivity (Wildman–Crippen MR) is 58.8 cm³/mol. The molecule has 0 spiro atoms. The van der Waals surface area contributed by atoms with Crippen LogP contribution in [0, 0.1) is 0 Å². The van der Waals surface area contributed by atoms with Crippen LogP contribution < -0.4 is 10.6 Å². The third-order valence-corrected chi connectivity index (χ3v) is 2.31. The minimum Gasteiger partial charge on any atom is -0.375 e. The largest absolute Gasteiger partial charge is 0.375 e. The molecule has 88 valence electrons. The molecule has 0 aromatic heterocycles. The highest BCUT2D eigenvalue weighted by Gasteiger charge is 2.16. The monoisotopic (exact) mass is 215 g/mol. The summed E-state index contributed by atoms with van der Waals surface area (Å²) in [5.74, 6) is 0.0733. The molecule has 1 aliphatic rings. The van der Waals surface area contributed by atoms with Crippen LogP contribution in [0.25, 0.3) is 0 Å². The van der Waals surface area contributed by atoms with E-state index in [0.717, 1.165) is 19.6 Å². The Morgan fingerprint density at radius 1 is 1.53 bits per heavy atom. The Morgan fingerprint density at radius 2 is 2.27 bits per heavy atom. The quantitative estimate of drug-likeness (QED) is 0.574. The number of carbonyl (C=O) groups excluding carboxylic acids is 1. The molecule has 0 atom stereocenters. The summed E-state index contributed by atoms with van der Waals surface area (Å²) < 4.78 is 5.44. The standard InChI is InChI=1S/C10H21N3O2/c1-13(2)5-4-12-10(14)3-6-15-9-7-11-8-9/h9,11H,3-8H2,1-2H3,(H,12,14). The van der Waals surface area contributed by atoms with E-state index in [9.17, 15) is 4.79 Å². The topological polar surface area (TPSA) is 53.6 Å². The summed E-state index contributed by atoms with van der Waals surface area (Å²) in [6, 6.07) is 0. The molecular formula is C10H21N3O2. The Balaban J connectivity index is 1.88. The number of hydrogen-bond donors (Lipinski definition) is 2. The van der Waals surface area contributed by atoms with E-state index >= 15 is 0 Å². The summed E-state index contributed by atoms with van der Waals surface area (Å²) in [5, 5.41) is 5.96. The molecule has 5 heteroatoms. The molecule has 0 bridgehead atoms. The van der Waals surface area contributed by atoms with Crippen molar-refractivity contribution in [2.45, 2.75) is 12.5 Å². The van der Waals surface area contributed by atoms with Gasteiger partial charge in [0.25, 0.3) is 0 Å². The van der Waals surface area contributed by atoms with E-state index in [1.54, 1.807) is 0 Å². The minimum atomic E-state index is 0.0733. The van der Waals surface area contributed by atoms with Crippen molar-refractivity contribution in [3.05, 3.63) is 0 Å². The van der Waals surface area contributed by atoms with Crippen LogP contribution in [-0.4, -0.2) is 63.8 Å². The van der Waals surface area contributed by atoms with E-state index in [0.29, 0.717) is 25.7 Å². The van der Waals surface area contributed by atoms with Gasteiger partial charge in [-0.1, -0.05) is 0 Å². The number of carbonyl (C=O) groups is 1. The average Bonchev–Trinajstić information content (AvgIpc) is 2.08. The fourth-order valence-electron chi connectivity index (χ4n) is 1.21. The molecule has 1 amide bonds. The summed E-state index contributed by atoms with van der Waals surface area (Å²) >= 11 is 0. The molecule has 1 heterocycles. The highest BCUT2D eigenvalue weighted by molar-refractivity contribution is 5.75. The van der Waals surface area contributed by atoms with Gasteiger partial charge in [-0.25, -0.2) is 0 Å². The van der Waals surface area contributed by atoms with E-state index in [-0.39, 0.29) is 5.91 Å². The van der Waals surface area contributed by atoms with E-state index < -0.39 is 0 Å². The van der Waals surface area contributed by atoms with Crippen LogP contribution in [0.5, 0.6) is 0 Å². The number of amides is 1. The fourth-order valence-corrected chi connectivity index (χ4v) is 1.21. The smallest absolute Gasteiger partial charge is 0.222 e. The zero-order chi connectivity index (χ0) is 11.1. The van der Waals surface area contributed by atoms with Gasteiger partial charge in [-0.05, 0) is 14.1 Å². The maximum atomic E-state index is 11.3. The van der Waals surface area contributed by atoms with Gasteiger partial charge in [0.2, 0.25) is 5.91 Å². The van der Waals surface area contributed by atoms with Crippen molar-refractivity contribution in [3.8, 4) is 0 Å². The van der Waals surface area contributed by atoms with E-state index in [4.69, 9.17) is 4.74 Å². The van der Waals surface area contributed by atoms with E-state index in [1.807, 2.05) is 19.0 Å². The van der Waals surface area contributed by atoms with Gasteiger partial charge < -0.3 is 20.3 Å². The normalized spacial score (nSPS) is 16.5. The minimum absolute atomic E-state index is 0.0733. The van der Waals surface area contributed by atoms with E-state index in [2.05, 4.69) is 10.6 Å². The molecule has 0 saturated carbocycles. The molecule has 0 aliphatic carbocycles. The van der Waals surface area contributed by atoms with Crippen molar-refractivity contribution < 1.29 is 9.53 Å². The maximum Gasteiger partial charge on any atom is 0.222 e. The van der Waals surface area contributed by atoms with Crippen LogP contribution in [0.3, 0.4) is 0 Å². The molecule has 1 aliphatic heterocycles. The molecule has 0 radical (unpaired) electrons. The summed E-state index contributed by atoms with van der Waals surface area (Å²) in [6.45, 7) is 3.95. The van der Waals surface area contributed by atoms with E-state index in [1.165, 1.54) is 0 Å². The molecule has 5 nitrogen and oxygen atoms in total. The van der Waals surface area contributed by atoms with Crippen LogP contribution in [-0.2, 0) is 9.53 Å². The van der Waals surface area contributed by atoms with Gasteiger partial charge in [-0.3, -0.25) is 4.79 Å². The highest BCUT2D eigenvalue weighted by atomic mass is 16.5. The average molecular weight is 215 g/mol. The lowest BCUT2D eigenvalue weighted by Gasteiger charge is -2.26. The fraction of sp³-hybridized carbons (Fsp3) is 0.900. The Kier molecular flexibility index (Phi) is 5.60. The van der Waals surface area contributed by atoms with Gasteiger partial charge in [0.1, 0.15) is 0 Å². The van der Waals surface area contributed by atoms with Crippen LogP contribution in [0.2, 0.25) is 0 Å². The molecule has 1 rings (SSSR count). The summed E-state index contributed by atoms with van der Waals surface area (Å²) in [6.07, 6.45) is 0.781. The van der Waals surface area contributed by atoms with Gasteiger partial charge in [0, 0.05) is 32.6 Å². The summed E-state index contributed by atoms with van der Waals surface area (Å²) in [5.41, 5.74) is 0. The zero-order valence-corrected chi connectivity index (χ0v) is 9.58. The lowest BCUT2D eigenvalue weighted by molar-refractivity contribution is -0.122. The SMILES string of the molecule is CN(C)CCNC(=O)CCOC1CNC1. The Bertz CT molecular complexity index is 193. The number of hydrogen-bond acceptors (Lipinski definition) is 4. The Morgan fingerprint density at radius 3 is 2.80 bits per heavy atom. The van der Waals surface area contributed by atoms with Crippen molar-refractivity contribution in [2.24, 2.45) is 0 Å². The van der Waals surface area contributed by atoms with Crippen molar-refractivity contribution >= 4 is 5.91 Å². The molecule has 1 fully saturated rings. The van der Waals surface area contributed by atoms with Gasteiger partial charge in [-0.15, -0.1) is 0 Å². The Hall–Kier alpha value is -0.650. The number of nitrogens with one attached hydrogen (secondary N) is 2. The molecule has 0 unspecified atom stereocenters. The lowest BCUT2D eigenvalue weighted by atomic mass is 10.2. The van der Waals surface area contributed by atoms with Gasteiger partial charge in [0.05, 0.1) is 12.7 Å². The highest BCUT2D eigenvalue weighted by Crippen LogP contribution is 1.98. The molecule has 15 heavy (non-hydrogen) atoms. The molecule has 2 N–H and O–H groups in total. The number of ether oxygens (including phenoxy) is 1. The van der Waals surface area contributed by atoms with Crippen molar-refractivity contribution in [1.29, 1.82) is 0 Å². The first-order valence-corrected chi connectivity index (χ1v) is 5.42. The second-order valence-electron chi connectivity index (χ2n) is 4.05. The number of likely N-dealkylation sites (N-methyl/N-ethyl adjacent to an activating group) is 1. The second-order valence-corrected chi connectivity index (χ2v) is 4.05. The predicted octanol–water partition coefficient (Wildman–Crippen LogP) is -0.957. The van der Waals surface area contributed by atoms with Crippen LogP contribution in [0.1, 0.15) is 6.42 Å². The van der Waals surface area contributed by atoms with Gasteiger partial charge in [0.15, 0.2) is 0 Å². The summed E-state index contributed by atoms with van der Waals surface area (Å²) in [7, 11) is 3.97. The zero-order valence-electron chi connectivity index (χ0n) is 9.58.